The van der Waals surface area contributed by atoms with Gasteiger partial charge in [0, 0.05) is 13.0 Å². The largest absolute Gasteiger partial charge is 0.435 e. The zero-order valence-corrected chi connectivity index (χ0v) is 12.9. The highest BCUT2D eigenvalue weighted by Gasteiger charge is 2.36. The molecule has 0 N–H and O–H groups in total. The van der Waals surface area contributed by atoms with Crippen molar-refractivity contribution in [3.05, 3.63) is 35.2 Å². The van der Waals surface area contributed by atoms with E-state index in [1.54, 1.807) is 13.8 Å². The molecule has 1 atom stereocenters. The van der Waals surface area contributed by atoms with Gasteiger partial charge in [0.1, 0.15) is 0 Å². The van der Waals surface area contributed by atoms with E-state index in [9.17, 15) is 18.0 Å². The number of allylic oxidation sites excluding steroid dienone is 3. The number of carbonyl (C=O) groups is 1. The van der Waals surface area contributed by atoms with Gasteiger partial charge in [0.2, 0.25) is 0 Å². The predicted octanol–water partition coefficient (Wildman–Crippen LogP) is 4.25. The zero-order valence-electron chi connectivity index (χ0n) is 12.9. The van der Waals surface area contributed by atoms with Gasteiger partial charge in [-0.2, -0.15) is 18.3 Å². The van der Waals surface area contributed by atoms with Crippen LogP contribution in [-0.2, 0) is 17.5 Å². The second-order valence-electron chi connectivity index (χ2n) is 5.71. The lowest BCUT2D eigenvalue weighted by molar-refractivity contribution is -0.141. The molecule has 120 valence electrons. The van der Waals surface area contributed by atoms with Crippen molar-refractivity contribution < 1.29 is 18.0 Å². The number of nitrogens with zero attached hydrogens (tertiary/aromatic N) is 2. The summed E-state index contributed by atoms with van der Waals surface area (Å²) in [4.78, 5) is 12.1. The normalized spacial score (nSPS) is 19.7. The van der Waals surface area contributed by atoms with Crippen LogP contribution in [0.25, 0.3) is 5.57 Å². The monoisotopic (exact) mass is 312 g/mol. The van der Waals surface area contributed by atoms with Gasteiger partial charge in [-0.15, -0.1) is 0 Å². The van der Waals surface area contributed by atoms with Crippen LogP contribution in [0.2, 0.25) is 0 Å². The van der Waals surface area contributed by atoms with Crippen molar-refractivity contribution in [3.8, 4) is 0 Å². The maximum Gasteiger partial charge on any atom is 0.435 e. The fourth-order valence-corrected chi connectivity index (χ4v) is 2.70. The average molecular weight is 312 g/mol. The molecule has 6 heteroatoms. The summed E-state index contributed by atoms with van der Waals surface area (Å²) in [7, 11) is 0. The molecule has 0 bridgehead atoms. The van der Waals surface area contributed by atoms with Gasteiger partial charge in [0.05, 0.1) is 5.69 Å². The van der Waals surface area contributed by atoms with E-state index in [0.29, 0.717) is 36.2 Å². The number of alkyl halides is 3. The Bertz CT molecular complexity index is 653. The highest BCUT2D eigenvalue weighted by Crippen LogP contribution is 2.38. The van der Waals surface area contributed by atoms with E-state index in [4.69, 9.17) is 0 Å². The van der Waals surface area contributed by atoms with Crippen molar-refractivity contribution in [1.82, 2.24) is 9.78 Å². The van der Waals surface area contributed by atoms with Crippen molar-refractivity contribution in [2.75, 3.05) is 0 Å². The van der Waals surface area contributed by atoms with Gasteiger partial charge in [0.25, 0.3) is 0 Å². The average Bonchev–Trinajstić information content (AvgIpc) is 2.85. The Labute approximate surface area is 127 Å². The summed E-state index contributed by atoms with van der Waals surface area (Å²) in [5.41, 5.74) is 1.51. The van der Waals surface area contributed by atoms with Crippen LogP contribution in [-0.4, -0.2) is 15.6 Å². The lowest BCUT2D eigenvalue weighted by Crippen LogP contribution is -2.19. The van der Waals surface area contributed by atoms with E-state index in [2.05, 4.69) is 11.7 Å². The molecule has 0 aliphatic heterocycles. The molecule has 1 aromatic heterocycles. The van der Waals surface area contributed by atoms with E-state index in [1.165, 1.54) is 4.68 Å². The first-order chi connectivity index (χ1) is 10.1. The van der Waals surface area contributed by atoms with Gasteiger partial charge in [-0.1, -0.05) is 12.2 Å². The molecule has 0 aromatic carbocycles. The second-order valence-corrected chi connectivity index (χ2v) is 5.71. The Kier molecular flexibility index (Phi) is 4.31. The lowest BCUT2D eigenvalue weighted by atomic mass is 9.79. The fraction of sp³-hybridized carbons (Fsp3) is 0.500. The molecule has 1 aromatic rings. The van der Waals surface area contributed by atoms with E-state index in [1.807, 2.05) is 6.92 Å². The molecule has 22 heavy (non-hydrogen) atoms. The third-order valence-corrected chi connectivity index (χ3v) is 4.13. The summed E-state index contributed by atoms with van der Waals surface area (Å²) >= 11 is 0. The molecule has 0 fully saturated rings. The van der Waals surface area contributed by atoms with E-state index >= 15 is 0 Å². The lowest BCUT2D eigenvalue weighted by Gasteiger charge is -2.25. The van der Waals surface area contributed by atoms with Crippen LogP contribution in [0.1, 0.15) is 45.0 Å². The molecule has 3 nitrogen and oxygen atoms in total. The van der Waals surface area contributed by atoms with Crippen LogP contribution >= 0.6 is 0 Å². The number of carbonyl (C=O) groups excluding carboxylic acids is 1. The van der Waals surface area contributed by atoms with Crippen molar-refractivity contribution >= 4 is 11.4 Å². The molecule has 0 saturated heterocycles. The van der Waals surface area contributed by atoms with E-state index in [0.717, 1.165) is 11.6 Å². The summed E-state index contributed by atoms with van der Waals surface area (Å²) in [5.74, 6) is -0.0626. The van der Waals surface area contributed by atoms with Crippen LogP contribution in [0.5, 0.6) is 0 Å². The van der Waals surface area contributed by atoms with Crippen molar-refractivity contribution in [2.45, 2.75) is 46.3 Å². The first kappa shape index (κ1) is 16.5. The number of aryl methyl sites for hydroxylation is 1. The first-order valence-corrected chi connectivity index (χ1v) is 7.18. The molecule has 0 amide bonds. The Morgan fingerprint density at radius 2 is 2.09 bits per heavy atom. The SMILES string of the molecule is C=C(C)C1CC(=O)C(C)=C(c2cc(C(F)(F)F)nn2CC)C1. The van der Waals surface area contributed by atoms with Gasteiger partial charge < -0.3 is 0 Å². The van der Waals surface area contributed by atoms with Gasteiger partial charge in [0.15, 0.2) is 11.5 Å². The maximum absolute atomic E-state index is 12.9. The zero-order chi connectivity index (χ0) is 16.7. The minimum Gasteiger partial charge on any atom is -0.295 e. The van der Waals surface area contributed by atoms with Crippen molar-refractivity contribution in [1.29, 1.82) is 0 Å². The van der Waals surface area contributed by atoms with Gasteiger partial charge in [-0.05, 0) is 50.3 Å². The smallest absolute Gasteiger partial charge is 0.295 e. The summed E-state index contributed by atoms with van der Waals surface area (Å²) < 4.78 is 40.0. The summed E-state index contributed by atoms with van der Waals surface area (Å²) in [6.07, 6.45) is -3.59. The number of halogens is 3. The third-order valence-electron chi connectivity index (χ3n) is 4.13. The summed E-state index contributed by atoms with van der Waals surface area (Å²) in [5, 5.41) is 3.63. The minimum atomic E-state index is -4.49. The molecule has 2 rings (SSSR count). The number of rotatable bonds is 3. The van der Waals surface area contributed by atoms with E-state index in [-0.39, 0.29) is 11.7 Å². The molecule has 1 heterocycles. The third kappa shape index (κ3) is 3.00. The second kappa shape index (κ2) is 5.74. The van der Waals surface area contributed by atoms with Crippen LogP contribution in [0.4, 0.5) is 13.2 Å². The predicted molar refractivity (Wildman–Crippen MR) is 78.0 cm³/mol. The Hall–Kier alpha value is -1.85. The molecule has 0 saturated carbocycles. The van der Waals surface area contributed by atoms with Gasteiger partial charge in [-0.3, -0.25) is 9.48 Å². The topological polar surface area (TPSA) is 34.9 Å². The van der Waals surface area contributed by atoms with Gasteiger partial charge in [-0.25, -0.2) is 0 Å². The van der Waals surface area contributed by atoms with E-state index < -0.39 is 11.9 Å². The van der Waals surface area contributed by atoms with Crippen LogP contribution in [0.3, 0.4) is 0 Å². The molecule has 1 aliphatic carbocycles. The number of aromatic nitrogens is 2. The number of hydrogen-bond donors (Lipinski definition) is 0. The Morgan fingerprint density at radius 1 is 1.45 bits per heavy atom. The molecule has 0 radical (unpaired) electrons. The Balaban J connectivity index is 2.54. The first-order valence-electron chi connectivity index (χ1n) is 7.18. The quantitative estimate of drug-likeness (QED) is 0.782. The van der Waals surface area contributed by atoms with Crippen LogP contribution in [0.15, 0.2) is 23.8 Å². The highest BCUT2D eigenvalue weighted by molar-refractivity contribution is 6.03. The molecular weight excluding hydrogens is 293 g/mol. The summed E-state index contributed by atoms with van der Waals surface area (Å²) in [6.45, 7) is 9.43. The fourth-order valence-electron chi connectivity index (χ4n) is 2.70. The van der Waals surface area contributed by atoms with Crippen molar-refractivity contribution in [3.63, 3.8) is 0 Å². The van der Waals surface area contributed by atoms with Crippen molar-refractivity contribution in [2.24, 2.45) is 5.92 Å². The standard InChI is InChI=1S/C16H19F3N2O/c1-5-21-13(8-15(20-21)16(17,18)19)12-6-11(9(2)3)7-14(22)10(12)4/h8,11H,2,5-7H2,1,3-4H3. The summed E-state index contributed by atoms with van der Waals surface area (Å²) in [6, 6.07) is 1.04. The number of Topliss-reactive ketones (excluding diaryl/α,β-unsaturated/α-hetero) is 1. The molecule has 1 aliphatic rings. The van der Waals surface area contributed by atoms with Crippen LogP contribution < -0.4 is 0 Å². The minimum absolute atomic E-state index is 0.0271. The number of ketones is 1. The highest BCUT2D eigenvalue weighted by atomic mass is 19.4. The van der Waals surface area contributed by atoms with Gasteiger partial charge >= 0.3 is 6.18 Å². The molecular formula is C16H19F3N2O. The molecule has 1 unspecified atom stereocenters. The maximum atomic E-state index is 12.9. The Morgan fingerprint density at radius 3 is 2.59 bits per heavy atom. The molecule has 0 spiro atoms. The number of hydrogen-bond acceptors (Lipinski definition) is 2. The van der Waals surface area contributed by atoms with Crippen LogP contribution in [0, 0.1) is 5.92 Å².